The number of carbonyl (C=O) groups excluding carboxylic acids is 2. The van der Waals surface area contributed by atoms with E-state index in [2.05, 4.69) is 5.32 Å². The number of rotatable bonds is 5. The highest BCUT2D eigenvalue weighted by atomic mass is 19.1. The minimum Gasteiger partial charge on any atom is -0.459 e. The number of carbonyl (C=O) groups is 2. The highest BCUT2D eigenvalue weighted by molar-refractivity contribution is 5.96. The summed E-state index contributed by atoms with van der Waals surface area (Å²) in [7, 11) is 0. The number of halogens is 1. The van der Waals surface area contributed by atoms with Crippen LogP contribution in [0.1, 0.15) is 27.2 Å². The number of benzene rings is 2. The van der Waals surface area contributed by atoms with Crippen molar-refractivity contribution in [2.75, 3.05) is 6.54 Å². The zero-order valence-corrected chi connectivity index (χ0v) is 15.8. The van der Waals surface area contributed by atoms with E-state index in [1.165, 1.54) is 12.3 Å². The lowest BCUT2D eigenvalue weighted by Gasteiger charge is -2.35. The van der Waals surface area contributed by atoms with E-state index >= 15 is 0 Å². The van der Waals surface area contributed by atoms with Gasteiger partial charge in [0.25, 0.3) is 5.91 Å². The highest BCUT2D eigenvalue weighted by Crippen LogP contribution is 2.25. The second-order valence-electron chi connectivity index (χ2n) is 7.03. The van der Waals surface area contributed by atoms with Crippen molar-refractivity contribution in [3.63, 3.8) is 0 Å². The lowest BCUT2D eigenvalue weighted by molar-refractivity contribution is -0.126. The van der Waals surface area contributed by atoms with E-state index in [4.69, 9.17) is 4.42 Å². The molecule has 5 nitrogen and oxygen atoms in total. The minimum absolute atomic E-state index is 0.202. The molecule has 1 aliphatic heterocycles. The van der Waals surface area contributed by atoms with Crippen LogP contribution in [0.4, 0.5) is 4.39 Å². The minimum atomic E-state index is -0.650. The molecule has 29 heavy (non-hydrogen) atoms. The SMILES string of the molecule is O=C(NCCc1ccccc1F)C1Cc2ccccc2CN1C(=O)c1ccco1. The van der Waals surface area contributed by atoms with Crippen LogP contribution in [0.25, 0.3) is 0 Å². The molecular weight excluding hydrogens is 371 g/mol. The summed E-state index contributed by atoms with van der Waals surface area (Å²) in [5.41, 5.74) is 2.61. The zero-order valence-electron chi connectivity index (χ0n) is 15.8. The van der Waals surface area contributed by atoms with Crippen LogP contribution < -0.4 is 5.32 Å². The molecule has 0 saturated carbocycles. The van der Waals surface area contributed by atoms with Gasteiger partial charge in [-0.1, -0.05) is 42.5 Å². The van der Waals surface area contributed by atoms with Gasteiger partial charge in [0.15, 0.2) is 5.76 Å². The van der Waals surface area contributed by atoms with E-state index in [1.54, 1.807) is 35.2 Å². The predicted molar refractivity (Wildman–Crippen MR) is 106 cm³/mol. The van der Waals surface area contributed by atoms with Crippen molar-refractivity contribution in [3.8, 4) is 0 Å². The van der Waals surface area contributed by atoms with Crippen molar-refractivity contribution in [3.05, 3.63) is 95.2 Å². The molecule has 0 bridgehead atoms. The van der Waals surface area contributed by atoms with Crippen molar-refractivity contribution < 1.29 is 18.4 Å². The Balaban J connectivity index is 1.50. The number of hydrogen-bond acceptors (Lipinski definition) is 3. The Morgan fingerprint density at radius 3 is 2.55 bits per heavy atom. The number of fused-ring (bicyclic) bond motifs is 1. The monoisotopic (exact) mass is 392 g/mol. The van der Waals surface area contributed by atoms with E-state index in [9.17, 15) is 14.0 Å². The van der Waals surface area contributed by atoms with Crippen LogP contribution >= 0.6 is 0 Å². The molecule has 1 aromatic heterocycles. The summed E-state index contributed by atoms with van der Waals surface area (Å²) in [6.45, 7) is 0.627. The summed E-state index contributed by atoms with van der Waals surface area (Å²) in [6, 6.07) is 16.9. The van der Waals surface area contributed by atoms with E-state index in [0.717, 1.165) is 11.1 Å². The maximum atomic E-state index is 13.8. The third-order valence-electron chi connectivity index (χ3n) is 5.20. The summed E-state index contributed by atoms with van der Waals surface area (Å²) in [4.78, 5) is 27.4. The second kappa shape index (κ2) is 8.31. The quantitative estimate of drug-likeness (QED) is 0.724. The molecule has 0 saturated heterocycles. The third-order valence-corrected chi connectivity index (χ3v) is 5.20. The summed E-state index contributed by atoms with van der Waals surface area (Å²) < 4.78 is 19.0. The standard InChI is InChI=1S/C23H21FN2O3/c24-19-9-4-3-6-16(19)11-12-25-22(27)20-14-17-7-1-2-8-18(17)15-26(20)23(28)21-10-5-13-29-21/h1-10,13,20H,11-12,14-15H2,(H,25,27). The Labute approximate surface area is 168 Å². The molecule has 4 rings (SSSR count). The van der Waals surface area contributed by atoms with E-state index in [-0.39, 0.29) is 23.4 Å². The maximum absolute atomic E-state index is 13.8. The van der Waals surface area contributed by atoms with Gasteiger partial charge in [0.1, 0.15) is 11.9 Å². The van der Waals surface area contributed by atoms with Crippen LogP contribution in [0.2, 0.25) is 0 Å². The maximum Gasteiger partial charge on any atom is 0.290 e. The summed E-state index contributed by atoms with van der Waals surface area (Å²) in [6.07, 6.45) is 2.25. The van der Waals surface area contributed by atoms with Gasteiger partial charge in [-0.3, -0.25) is 9.59 Å². The number of furan rings is 1. The fraction of sp³-hybridized carbons (Fsp3) is 0.217. The van der Waals surface area contributed by atoms with E-state index < -0.39 is 6.04 Å². The third kappa shape index (κ3) is 4.06. The Hall–Kier alpha value is -3.41. The molecule has 2 aromatic carbocycles. The average molecular weight is 392 g/mol. The molecule has 2 amide bonds. The molecule has 1 unspecified atom stereocenters. The molecule has 6 heteroatoms. The molecule has 3 aromatic rings. The highest BCUT2D eigenvalue weighted by Gasteiger charge is 2.35. The molecule has 1 aliphatic rings. The molecule has 0 radical (unpaired) electrons. The fourth-order valence-corrected chi connectivity index (χ4v) is 3.65. The van der Waals surface area contributed by atoms with Crippen LogP contribution in [0.5, 0.6) is 0 Å². The van der Waals surface area contributed by atoms with Crippen molar-refractivity contribution in [2.45, 2.75) is 25.4 Å². The van der Waals surface area contributed by atoms with Crippen LogP contribution in [0.3, 0.4) is 0 Å². The van der Waals surface area contributed by atoms with E-state index in [1.807, 2.05) is 24.3 Å². The molecule has 0 fully saturated rings. The van der Waals surface area contributed by atoms with Crippen molar-refractivity contribution >= 4 is 11.8 Å². The van der Waals surface area contributed by atoms with Gasteiger partial charge in [0, 0.05) is 19.5 Å². The Morgan fingerprint density at radius 2 is 1.79 bits per heavy atom. The van der Waals surface area contributed by atoms with Gasteiger partial charge < -0.3 is 14.6 Å². The van der Waals surface area contributed by atoms with Crippen LogP contribution in [0.15, 0.2) is 71.3 Å². The summed E-state index contributed by atoms with van der Waals surface area (Å²) >= 11 is 0. The fourth-order valence-electron chi connectivity index (χ4n) is 3.65. The average Bonchev–Trinajstić information content (AvgIpc) is 3.28. The van der Waals surface area contributed by atoms with Crippen LogP contribution in [-0.2, 0) is 24.2 Å². The van der Waals surface area contributed by atoms with Gasteiger partial charge in [0.2, 0.25) is 5.91 Å². The van der Waals surface area contributed by atoms with Gasteiger partial charge in [-0.2, -0.15) is 0 Å². The van der Waals surface area contributed by atoms with Gasteiger partial charge >= 0.3 is 0 Å². The van der Waals surface area contributed by atoms with E-state index in [0.29, 0.717) is 31.5 Å². The van der Waals surface area contributed by atoms with Gasteiger partial charge in [-0.25, -0.2) is 4.39 Å². The van der Waals surface area contributed by atoms with Crippen molar-refractivity contribution in [1.29, 1.82) is 0 Å². The molecule has 148 valence electrons. The Kier molecular flexibility index (Phi) is 5.42. The number of hydrogen-bond donors (Lipinski definition) is 1. The van der Waals surface area contributed by atoms with Crippen LogP contribution in [-0.4, -0.2) is 29.3 Å². The Bertz CT molecular complexity index is 1020. The first-order chi connectivity index (χ1) is 14.1. The zero-order chi connectivity index (χ0) is 20.2. The smallest absolute Gasteiger partial charge is 0.290 e. The molecule has 2 heterocycles. The van der Waals surface area contributed by atoms with Crippen molar-refractivity contribution in [1.82, 2.24) is 10.2 Å². The largest absolute Gasteiger partial charge is 0.459 e. The van der Waals surface area contributed by atoms with Gasteiger partial charge in [0.05, 0.1) is 6.26 Å². The second-order valence-corrected chi connectivity index (χ2v) is 7.03. The van der Waals surface area contributed by atoms with Crippen LogP contribution in [0, 0.1) is 5.82 Å². The lowest BCUT2D eigenvalue weighted by atomic mass is 9.93. The number of amides is 2. The first kappa shape index (κ1) is 18.9. The van der Waals surface area contributed by atoms with Gasteiger partial charge in [-0.05, 0) is 41.3 Å². The summed E-state index contributed by atoms with van der Waals surface area (Å²) in [5.74, 6) is -0.661. The first-order valence-electron chi connectivity index (χ1n) is 9.56. The first-order valence-corrected chi connectivity index (χ1v) is 9.56. The molecule has 1 atom stereocenters. The summed E-state index contributed by atoms with van der Waals surface area (Å²) in [5, 5.41) is 2.86. The Morgan fingerprint density at radius 1 is 1.03 bits per heavy atom. The lowest BCUT2D eigenvalue weighted by Crippen LogP contribution is -2.52. The normalized spacial score (nSPS) is 15.6. The topological polar surface area (TPSA) is 62.6 Å². The van der Waals surface area contributed by atoms with Crippen molar-refractivity contribution in [2.24, 2.45) is 0 Å². The predicted octanol–water partition coefficient (Wildman–Crippen LogP) is 3.34. The molecule has 1 N–H and O–H groups in total. The molecular formula is C23H21FN2O3. The number of nitrogens with zero attached hydrogens (tertiary/aromatic N) is 1. The number of nitrogens with one attached hydrogen (secondary N) is 1. The molecule has 0 aliphatic carbocycles. The van der Waals surface area contributed by atoms with Gasteiger partial charge in [-0.15, -0.1) is 0 Å². The molecule has 0 spiro atoms.